The molecule has 5 rings (SSSR count). The Hall–Kier alpha value is -3.53. The van der Waals surface area contributed by atoms with Crippen molar-refractivity contribution in [1.29, 1.82) is 0 Å². The number of benzene rings is 1. The molecule has 10 heteroatoms. The number of morpholine rings is 1. The summed E-state index contributed by atoms with van der Waals surface area (Å²) in [6, 6.07) is 8.92. The van der Waals surface area contributed by atoms with Crippen molar-refractivity contribution in [3.63, 3.8) is 0 Å². The van der Waals surface area contributed by atoms with E-state index in [4.69, 9.17) is 4.74 Å². The second-order valence-corrected chi connectivity index (χ2v) is 7.57. The first-order chi connectivity index (χ1) is 15.2. The molecule has 2 saturated heterocycles. The van der Waals surface area contributed by atoms with Gasteiger partial charge in [-0.2, -0.15) is 0 Å². The number of nitro benzene ring substituents is 1. The average Bonchev–Trinajstić information content (AvgIpc) is 2.84. The first-order valence-electron chi connectivity index (χ1n) is 10.4. The summed E-state index contributed by atoms with van der Waals surface area (Å²) in [5.41, 5.74) is 1.68. The number of piperazine rings is 1. The minimum atomic E-state index is -0.354. The van der Waals surface area contributed by atoms with Gasteiger partial charge in [-0.3, -0.25) is 15.1 Å². The molecule has 2 aromatic heterocycles. The molecule has 2 aliphatic rings. The SMILES string of the molecule is O=[N+]([O-])c1ccc(N2CCN(c3cc(N4CCOCC4)ncn3)CC2)c2ncccc12. The van der Waals surface area contributed by atoms with E-state index in [1.165, 1.54) is 0 Å². The molecule has 2 fully saturated rings. The fraction of sp³-hybridized carbons (Fsp3) is 0.381. The number of nitrogens with zero attached hydrogens (tertiary/aromatic N) is 7. The molecule has 0 atom stereocenters. The van der Waals surface area contributed by atoms with Gasteiger partial charge in [0.15, 0.2) is 0 Å². The van der Waals surface area contributed by atoms with Gasteiger partial charge in [-0.25, -0.2) is 9.97 Å². The quantitative estimate of drug-likeness (QED) is 0.463. The monoisotopic (exact) mass is 421 g/mol. The van der Waals surface area contributed by atoms with Crippen molar-refractivity contribution in [2.24, 2.45) is 0 Å². The van der Waals surface area contributed by atoms with Gasteiger partial charge < -0.3 is 19.4 Å². The number of non-ortho nitro benzene ring substituents is 1. The predicted octanol–water partition coefficient (Wildman–Crippen LogP) is 2.10. The van der Waals surface area contributed by atoms with E-state index in [1.807, 2.05) is 12.1 Å². The van der Waals surface area contributed by atoms with Crippen LogP contribution in [0.4, 0.5) is 23.0 Å². The summed E-state index contributed by atoms with van der Waals surface area (Å²) in [7, 11) is 0. The maximum absolute atomic E-state index is 11.4. The number of rotatable bonds is 4. The zero-order chi connectivity index (χ0) is 21.2. The number of aromatic nitrogens is 3. The van der Waals surface area contributed by atoms with Gasteiger partial charge >= 0.3 is 0 Å². The van der Waals surface area contributed by atoms with Gasteiger partial charge in [0, 0.05) is 57.6 Å². The normalized spacial score (nSPS) is 17.2. The summed E-state index contributed by atoms with van der Waals surface area (Å²) in [5.74, 6) is 1.85. The second kappa shape index (κ2) is 8.31. The maximum atomic E-state index is 11.4. The molecule has 2 aliphatic heterocycles. The zero-order valence-corrected chi connectivity index (χ0v) is 17.1. The highest BCUT2D eigenvalue weighted by atomic mass is 16.6. The minimum Gasteiger partial charge on any atom is -0.378 e. The number of ether oxygens (including phenoxy) is 1. The summed E-state index contributed by atoms with van der Waals surface area (Å²) in [6.07, 6.45) is 3.31. The molecule has 0 radical (unpaired) electrons. The van der Waals surface area contributed by atoms with Crippen molar-refractivity contribution in [3.8, 4) is 0 Å². The molecular weight excluding hydrogens is 398 g/mol. The van der Waals surface area contributed by atoms with Crippen LogP contribution >= 0.6 is 0 Å². The molecule has 0 bridgehead atoms. The lowest BCUT2D eigenvalue weighted by Gasteiger charge is -2.37. The number of hydrogen-bond acceptors (Lipinski definition) is 9. The summed E-state index contributed by atoms with van der Waals surface area (Å²) in [6.45, 7) is 6.26. The molecule has 0 saturated carbocycles. The van der Waals surface area contributed by atoms with Crippen LogP contribution in [0.5, 0.6) is 0 Å². The molecular formula is C21H23N7O3. The molecule has 0 amide bonds. The third kappa shape index (κ3) is 3.81. The molecule has 3 aromatic rings. The van der Waals surface area contributed by atoms with Crippen LogP contribution < -0.4 is 14.7 Å². The third-order valence-electron chi connectivity index (χ3n) is 5.84. The van der Waals surface area contributed by atoms with Crippen molar-refractivity contribution in [3.05, 3.63) is 53.0 Å². The van der Waals surface area contributed by atoms with Crippen molar-refractivity contribution in [2.75, 3.05) is 67.2 Å². The first-order valence-corrected chi connectivity index (χ1v) is 10.4. The molecule has 4 heterocycles. The highest BCUT2D eigenvalue weighted by molar-refractivity contribution is 5.97. The van der Waals surface area contributed by atoms with Gasteiger partial charge in [0.25, 0.3) is 5.69 Å². The van der Waals surface area contributed by atoms with Crippen LogP contribution in [0.3, 0.4) is 0 Å². The Labute approximate surface area is 179 Å². The van der Waals surface area contributed by atoms with Crippen LogP contribution in [0.2, 0.25) is 0 Å². The summed E-state index contributed by atoms with van der Waals surface area (Å²) < 4.78 is 5.43. The average molecular weight is 421 g/mol. The van der Waals surface area contributed by atoms with Gasteiger partial charge in [-0.1, -0.05) is 0 Å². The topological polar surface area (TPSA) is 101 Å². The molecule has 1 aromatic carbocycles. The van der Waals surface area contributed by atoms with E-state index in [1.54, 1.807) is 30.7 Å². The van der Waals surface area contributed by atoms with Crippen LogP contribution in [-0.2, 0) is 4.74 Å². The molecule has 0 unspecified atom stereocenters. The van der Waals surface area contributed by atoms with Gasteiger partial charge in [-0.15, -0.1) is 0 Å². The number of hydrogen-bond donors (Lipinski definition) is 0. The number of pyridine rings is 1. The molecule has 31 heavy (non-hydrogen) atoms. The van der Waals surface area contributed by atoms with Gasteiger partial charge in [0.1, 0.15) is 23.5 Å². The summed E-state index contributed by atoms with van der Waals surface area (Å²) in [4.78, 5) is 31.1. The first kappa shape index (κ1) is 19.4. The zero-order valence-electron chi connectivity index (χ0n) is 17.1. The molecule has 10 nitrogen and oxygen atoms in total. The molecule has 160 valence electrons. The number of nitro groups is 1. The van der Waals surface area contributed by atoms with E-state index in [2.05, 4.69) is 29.7 Å². The molecule has 0 spiro atoms. The van der Waals surface area contributed by atoms with E-state index in [0.29, 0.717) is 10.9 Å². The van der Waals surface area contributed by atoms with Crippen LogP contribution in [0, 0.1) is 10.1 Å². The van der Waals surface area contributed by atoms with E-state index in [0.717, 1.165) is 69.8 Å². The largest absolute Gasteiger partial charge is 0.378 e. The molecule has 0 N–H and O–H groups in total. The third-order valence-corrected chi connectivity index (χ3v) is 5.84. The van der Waals surface area contributed by atoms with Crippen LogP contribution in [0.1, 0.15) is 0 Å². The van der Waals surface area contributed by atoms with Gasteiger partial charge in [0.05, 0.1) is 29.2 Å². The Bertz CT molecular complexity index is 1100. The Morgan fingerprint density at radius 1 is 0.871 bits per heavy atom. The van der Waals surface area contributed by atoms with Crippen LogP contribution in [0.25, 0.3) is 10.9 Å². The van der Waals surface area contributed by atoms with Crippen molar-refractivity contribution in [1.82, 2.24) is 15.0 Å². The van der Waals surface area contributed by atoms with Crippen molar-refractivity contribution >= 4 is 33.9 Å². The smallest absolute Gasteiger partial charge is 0.278 e. The fourth-order valence-electron chi connectivity index (χ4n) is 4.21. The van der Waals surface area contributed by atoms with Crippen molar-refractivity contribution in [2.45, 2.75) is 0 Å². The Morgan fingerprint density at radius 3 is 2.26 bits per heavy atom. The highest BCUT2D eigenvalue weighted by Crippen LogP contribution is 2.32. The molecule has 0 aliphatic carbocycles. The van der Waals surface area contributed by atoms with Crippen molar-refractivity contribution < 1.29 is 9.66 Å². The lowest BCUT2D eigenvalue weighted by Crippen LogP contribution is -2.47. The highest BCUT2D eigenvalue weighted by Gasteiger charge is 2.23. The number of anilines is 3. The fourth-order valence-corrected chi connectivity index (χ4v) is 4.21. The Balaban J connectivity index is 1.33. The lowest BCUT2D eigenvalue weighted by atomic mass is 10.1. The standard InChI is InChI=1S/C21H23N7O3/c29-28(30)17-3-4-18(21-16(17)2-1-5-22-21)25-6-8-26(9-7-25)19-14-20(24-15-23-19)27-10-12-31-13-11-27/h1-5,14-15H,6-13H2. The summed E-state index contributed by atoms with van der Waals surface area (Å²) >= 11 is 0. The predicted molar refractivity (Wildman–Crippen MR) is 118 cm³/mol. The van der Waals surface area contributed by atoms with E-state index < -0.39 is 0 Å². The second-order valence-electron chi connectivity index (χ2n) is 7.57. The van der Waals surface area contributed by atoms with E-state index in [9.17, 15) is 10.1 Å². The van der Waals surface area contributed by atoms with E-state index >= 15 is 0 Å². The Morgan fingerprint density at radius 2 is 1.55 bits per heavy atom. The van der Waals surface area contributed by atoms with Crippen LogP contribution in [-0.4, -0.2) is 72.4 Å². The van der Waals surface area contributed by atoms with E-state index in [-0.39, 0.29) is 10.6 Å². The maximum Gasteiger partial charge on any atom is 0.278 e. The summed E-state index contributed by atoms with van der Waals surface area (Å²) in [5, 5.41) is 11.9. The Kier molecular flexibility index (Phi) is 5.21. The van der Waals surface area contributed by atoms with Crippen LogP contribution in [0.15, 0.2) is 42.9 Å². The van der Waals surface area contributed by atoms with Gasteiger partial charge in [0.2, 0.25) is 0 Å². The van der Waals surface area contributed by atoms with Gasteiger partial charge in [-0.05, 0) is 18.2 Å². The lowest BCUT2D eigenvalue weighted by molar-refractivity contribution is -0.383. The minimum absolute atomic E-state index is 0.0853. The number of fused-ring (bicyclic) bond motifs is 1.